The van der Waals surface area contributed by atoms with E-state index in [9.17, 15) is 4.79 Å². The summed E-state index contributed by atoms with van der Waals surface area (Å²) in [6.07, 6.45) is 2.13. The van der Waals surface area contributed by atoms with Gasteiger partial charge in [-0.05, 0) is 63.9 Å². The Kier molecular flexibility index (Phi) is 4.31. The lowest BCUT2D eigenvalue weighted by molar-refractivity contribution is -0.124. The molecule has 19 heavy (non-hydrogen) atoms. The van der Waals surface area contributed by atoms with Gasteiger partial charge in [-0.15, -0.1) is 0 Å². The summed E-state index contributed by atoms with van der Waals surface area (Å²) in [6.45, 7) is 7.68. The molecule has 4 heteroatoms. The fourth-order valence-electron chi connectivity index (χ4n) is 2.46. The van der Waals surface area contributed by atoms with Gasteiger partial charge < -0.3 is 10.2 Å². The number of nitrogens with zero attached hydrogens (tertiary/aromatic N) is 1. The number of benzene rings is 1. The highest BCUT2D eigenvalue weighted by atomic mass is 79.9. The maximum absolute atomic E-state index is 12.7. The molecule has 1 aliphatic rings. The van der Waals surface area contributed by atoms with Crippen LogP contribution in [-0.2, 0) is 4.79 Å². The highest BCUT2D eigenvalue weighted by molar-refractivity contribution is 9.10. The monoisotopic (exact) mass is 324 g/mol. The highest BCUT2D eigenvalue weighted by Crippen LogP contribution is 2.27. The zero-order valence-electron chi connectivity index (χ0n) is 11.8. The number of carbonyl (C=O) groups excluding carboxylic acids is 1. The standard InChI is InChI=1S/C15H21BrN2O/c1-11-10-12(16)6-7-13(11)18-9-5-4-8-17-15(2,3)14(18)19/h6-7,10,17H,4-5,8-9H2,1-3H3. The number of hydrogen-bond donors (Lipinski definition) is 1. The molecule has 1 saturated heterocycles. The molecular weight excluding hydrogens is 304 g/mol. The molecule has 0 spiro atoms. The molecule has 1 aliphatic heterocycles. The van der Waals surface area contributed by atoms with E-state index >= 15 is 0 Å². The summed E-state index contributed by atoms with van der Waals surface area (Å²) in [5.41, 5.74) is 1.64. The van der Waals surface area contributed by atoms with E-state index in [1.807, 2.05) is 37.8 Å². The van der Waals surface area contributed by atoms with E-state index in [0.29, 0.717) is 0 Å². The van der Waals surface area contributed by atoms with Crippen molar-refractivity contribution in [2.75, 3.05) is 18.0 Å². The lowest BCUT2D eigenvalue weighted by atomic mass is 9.99. The average molecular weight is 325 g/mol. The summed E-state index contributed by atoms with van der Waals surface area (Å²) in [5.74, 6) is 0.151. The lowest BCUT2D eigenvalue weighted by Crippen LogP contribution is -2.56. The predicted molar refractivity (Wildman–Crippen MR) is 82.5 cm³/mol. The van der Waals surface area contributed by atoms with Crippen molar-refractivity contribution in [3.05, 3.63) is 28.2 Å². The highest BCUT2D eigenvalue weighted by Gasteiger charge is 2.33. The molecule has 1 N–H and O–H groups in total. The van der Waals surface area contributed by atoms with Crippen LogP contribution >= 0.6 is 15.9 Å². The average Bonchev–Trinajstić information content (AvgIpc) is 2.33. The van der Waals surface area contributed by atoms with E-state index in [1.165, 1.54) is 0 Å². The summed E-state index contributed by atoms with van der Waals surface area (Å²) in [6, 6.07) is 6.08. The first-order chi connectivity index (χ1) is 8.92. The minimum atomic E-state index is -0.500. The van der Waals surface area contributed by atoms with Gasteiger partial charge in [0.2, 0.25) is 5.91 Å². The molecule has 0 unspecified atom stereocenters. The largest absolute Gasteiger partial charge is 0.311 e. The number of carbonyl (C=O) groups is 1. The van der Waals surface area contributed by atoms with Crippen LogP contribution in [0.2, 0.25) is 0 Å². The molecule has 0 aliphatic carbocycles. The number of hydrogen-bond acceptors (Lipinski definition) is 2. The van der Waals surface area contributed by atoms with Gasteiger partial charge in [-0.3, -0.25) is 4.79 Å². The normalized spacial score (nSPS) is 20.0. The number of rotatable bonds is 1. The topological polar surface area (TPSA) is 32.3 Å². The smallest absolute Gasteiger partial charge is 0.246 e. The van der Waals surface area contributed by atoms with Crippen LogP contribution in [0.3, 0.4) is 0 Å². The number of amides is 1. The van der Waals surface area contributed by atoms with Gasteiger partial charge in [0.15, 0.2) is 0 Å². The van der Waals surface area contributed by atoms with Gasteiger partial charge in [0.25, 0.3) is 0 Å². The third-order valence-corrected chi connectivity index (χ3v) is 4.10. The zero-order valence-corrected chi connectivity index (χ0v) is 13.4. The molecule has 1 aromatic carbocycles. The molecule has 1 fully saturated rings. The number of halogens is 1. The van der Waals surface area contributed by atoms with E-state index in [4.69, 9.17) is 0 Å². The Bertz CT molecular complexity index is 485. The Morgan fingerprint density at radius 2 is 2.05 bits per heavy atom. The number of anilines is 1. The second-order valence-electron chi connectivity index (χ2n) is 5.65. The van der Waals surface area contributed by atoms with Crippen molar-refractivity contribution in [2.24, 2.45) is 0 Å². The van der Waals surface area contributed by atoms with Crippen molar-refractivity contribution in [3.8, 4) is 0 Å². The Morgan fingerprint density at radius 1 is 1.32 bits per heavy atom. The summed E-state index contributed by atoms with van der Waals surface area (Å²) in [5, 5.41) is 3.34. The SMILES string of the molecule is Cc1cc(Br)ccc1N1CCCCNC(C)(C)C1=O. The lowest BCUT2D eigenvalue weighted by Gasteiger charge is -2.35. The first kappa shape index (κ1) is 14.5. The Labute approximate surface area is 123 Å². The minimum absolute atomic E-state index is 0.151. The molecule has 1 aromatic rings. The van der Waals surface area contributed by atoms with Crippen molar-refractivity contribution >= 4 is 27.5 Å². The Morgan fingerprint density at radius 3 is 2.74 bits per heavy atom. The molecule has 0 aromatic heterocycles. The molecular formula is C15H21BrN2O. The van der Waals surface area contributed by atoms with Gasteiger partial charge in [-0.1, -0.05) is 15.9 Å². The minimum Gasteiger partial charge on any atom is -0.311 e. The van der Waals surface area contributed by atoms with Gasteiger partial charge in [0.05, 0.1) is 5.54 Å². The summed E-state index contributed by atoms with van der Waals surface area (Å²) in [4.78, 5) is 14.6. The van der Waals surface area contributed by atoms with Crippen molar-refractivity contribution < 1.29 is 4.79 Å². The molecule has 0 radical (unpaired) electrons. The summed E-state index contributed by atoms with van der Waals surface area (Å²) >= 11 is 3.47. The van der Waals surface area contributed by atoms with E-state index in [1.54, 1.807) is 0 Å². The van der Waals surface area contributed by atoms with Crippen LogP contribution in [0.5, 0.6) is 0 Å². The van der Waals surface area contributed by atoms with Crippen LogP contribution in [0.1, 0.15) is 32.3 Å². The first-order valence-electron chi connectivity index (χ1n) is 6.75. The van der Waals surface area contributed by atoms with Crippen LogP contribution in [0, 0.1) is 6.92 Å². The molecule has 1 heterocycles. The second-order valence-corrected chi connectivity index (χ2v) is 6.56. The third kappa shape index (κ3) is 3.18. The maximum Gasteiger partial charge on any atom is 0.246 e. The van der Waals surface area contributed by atoms with E-state index in [-0.39, 0.29) is 5.91 Å². The summed E-state index contributed by atoms with van der Waals surface area (Å²) in [7, 11) is 0. The number of aryl methyl sites for hydroxylation is 1. The van der Waals surface area contributed by atoms with Gasteiger partial charge in [0, 0.05) is 16.7 Å². The molecule has 3 nitrogen and oxygen atoms in total. The molecule has 0 bridgehead atoms. The quantitative estimate of drug-likeness (QED) is 0.860. The van der Waals surface area contributed by atoms with E-state index < -0.39 is 5.54 Å². The van der Waals surface area contributed by atoms with Crippen molar-refractivity contribution in [2.45, 2.75) is 39.2 Å². The number of nitrogens with one attached hydrogen (secondary N) is 1. The Hall–Kier alpha value is -0.870. The fraction of sp³-hybridized carbons (Fsp3) is 0.533. The van der Waals surface area contributed by atoms with Crippen molar-refractivity contribution in [3.63, 3.8) is 0 Å². The zero-order chi connectivity index (χ0) is 14.0. The molecule has 2 rings (SSSR count). The molecule has 0 saturated carbocycles. The molecule has 104 valence electrons. The summed E-state index contributed by atoms with van der Waals surface area (Å²) < 4.78 is 1.05. The van der Waals surface area contributed by atoms with E-state index in [2.05, 4.69) is 27.3 Å². The van der Waals surface area contributed by atoms with Crippen LogP contribution in [0.25, 0.3) is 0 Å². The van der Waals surface area contributed by atoms with Gasteiger partial charge in [-0.25, -0.2) is 0 Å². The van der Waals surface area contributed by atoms with Gasteiger partial charge >= 0.3 is 0 Å². The van der Waals surface area contributed by atoms with E-state index in [0.717, 1.165) is 41.7 Å². The van der Waals surface area contributed by atoms with Crippen molar-refractivity contribution in [1.82, 2.24) is 5.32 Å². The molecule has 0 atom stereocenters. The van der Waals surface area contributed by atoms with Crippen molar-refractivity contribution in [1.29, 1.82) is 0 Å². The van der Waals surface area contributed by atoms with Gasteiger partial charge in [0.1, 0.15) is 0 Å². The predicted octanol–water partition coefficient (Wildman–Crippen LogP) is 3.25. The van der Waals surface area contributed by atoms with Crippen LogP contribution in [-0.4, -0.2) is 24.5 Å². The third-order valence-electron chi connectivity index (χ3n) is 3.60. The first-order valence-corrected chi connectivity index (χ1v) is 7.54. The fourth-order valence-corrected chi connectivity index (χ4v) is 2.94. The van der Waals surface area contributed by atoms with Crippen LogP contribution in [0.4, 0.5) is 5.69 Å². The maximum atomic E-state index is 12.7. The Balaban J connectivity index is 2.36. The van der Waals surface area contributed by atoms with Crippen LogP contribution < -0.4 is 10.2 Å². The molecule has 1 amide bonds. The van der Waals surface area contributed by atoms with Gasteiger partial charge in [-0.2, -0.15) is 0 Å². The van der Waals surface area contributed by atoms with Crippen LogP contribution in [0.15, 0.2) is 22.7 Å². The second kappa shape index (κ2) is 5.63.